The van der Waals surface area contributed by atoms with Crippen molar-refractivity contribution in [3.63, 3.8) is 0 Å². The fourth-order valence-electron chi connectivity index (χ4n) is 2.73. The Morgan fingerprint density at radius 1 is 1.25 bits per heavy atom. The number of amides is 1. The van der Waals surface area contributed by atoms with Crippen LogP contribution in [0.1, 0.15) is 35.6 Å². The highest BCUT2D eigenvalue weighted by Crippen LogP contribution is 2.17. The van der Waals surface area contributed by atoms with Crippen LogP contribution in [-0.4, -0.2) is 38.2 Å². The predicted octanol–water partition coefficient (Wildman–Crippen LogP) is 2.64. The normalized spacial score (nSPS) is 10.9. The fourth-order valence-corrected chi connectivity index (χ4v) is 2.73. The van der Waals surface area contributed by atoms with Crippen LogP contribution in [0, 0.1) is 12.8 Å². The molecule has 0 aliphatic rings. The minimum atomic E-state index is -0.262. The molecule has 0 unspecified atom stereocenters. The average molecular weight is 380 g/mol. The first-order chi connectivity index (χ1) is 13.4. The summed E-state index contributed by atoms with van der Waals surface area (Å²) in [6, 6.07) is 11.1. The van der Waals surface area contributed by atoms with E-state index in [2.05, 4.69) is 39.6 Å². The number of aryl methyl sites for hydroxylation is 1. The number of pyridine rings is 1. The van der Waals surface area contributed by atoms with Crippen LogP contribution in [0.4, 0.5) is 0 Å². The van der Waals surface area contributed by atoms with Gasteiger partial charge in [-0.1, -0.05) is 26.0 Å². The first-order valence-electron chi connectivity index (χ1n) is 9.12. The highest BCUT2D eigenvalue weighted by atomic mass is 16.5. The number of ether oxygens (including phenoxy) is 1. The second kappa shape index (κ2) is 8.60. The van der Waals surface area contributed by atoms with Gasteiger partial charge in [0.2, 0.25) is 5.82 Å². The smallest absolute Gasteiger partial charge is 0.270 e. The van der Waals surface area contributed by atoms with Gasteiger partial charge in [-0.3, -0.25) is 4.79 Å². The number of aromatic nitrogens is 5. The summed E-state index contributed by atoms with van der Waals surface area (Å²) in [5, 5.41) is 15.5. The highest BCUT2D eigenvalue weighted by Gasteiger charge is 2.14. The third kappa shape index (κ3) is 4.91. The lowest BCUT2D eigenvalue weighted by Gasteiger charge is -2.08. The van der Waals surface area contributed by atoms with Gasteiger partial charge in [-0.25, -0.2) is 4.98 Å². The molecule has 0 radical (unpaired) electrons. The number of nitrogens with zero attached hydrogens (tertiary/aromatic N) is 5. The van der Waals surface area contributed by atoms with E-state index in [1.807, 2.05) is 37.3 Å². The molecule has 1 amide bonds. The van der Waals surface area contributed by atoms with Crippen molar-refractivity contribution < 1.29 is 9.53 Å². The van der Waals surface area contributed by atoms with E-state index in [9.17, 15) is 4.79 Å². The number of carbonyl (C=O) groups excluding carboxylic acids is 1. The van der Waals surface area contributed by atoms with Crippen molar-refractivity contribution in [2.24, 2.45) is 5.92 Å². The van der Waals surface area contributed by atoms with Crippen LogP contribution in [0.5, 0.6) is 5.75 Å². The predicted molar refractivity (Wildman–Crippen MR) is 105 cm³/mol. The Morgan fingerprint density at radius 2 is 2.07 bits per heavy atom. The molecule has 146 valence electrons. The molecular formula is C20H24N6O2. The van der Waals surface area contributed by atoms with Gasteiger partial charge in [-0.05, 0) is 47.9 Å². The van der Waals surface area contributed by atoms with Crippen LogP contribution in [0.25, 0.3) is 11.4 Å². The second-order valence-corrected chi connectivity index (χ2v) is 6.98. The number of carbonyl (C=O) groups is 1. The van der Waals surface area contributed by atoms with E-state index >= 15 is 0 Å². The van der Waals surface area contributed by atoms with E-state index in [0.29, 0.717) is 41.8 Å². The number of tetrazole rings is 1. The largest absolute Gasteiger partial charge is 0.497 e. The second-order valence-electron chi connectivity index (χ2n) is 6.98. The number of methoxy groups -OCH3 is 1. The maximum atomic E-state index is 12.6. The zero-order valence-electron chi connectivity index (χ0n) is 16.5. The molecular weight excluding hydrogens is 356 g/mol. The van der Waals surface area contributed by atoms with Gasteiger partial charge >= 0.3 is 0 Å². The Balaban J connectivity index is 1.74. The molecule has 0 atom stereocenters. The standard InChI is InChI=1S/C20H24N6O2/c1-13(2)12-26-24-19(23-25-26)16-8-14(3)22-18(10-16)20(27)21-11-15-6-5-7-17(9-15)28-4/h5-10,13H,11-12H2,1-4H3,(H,21,27). The van der Waals surface area contributed by atoms with Crippen molar-refractivity contribution in [2.45, 2.75) is 33.9 Å². The maximum absolute atomic E-state index is 12.6. The molecule has 0 bridgehead atoms. The van der Waals surface area contributed by atoms with Gasteiger partial charge in [0.1, 0.15) is 11.4 Å². The lowest BCUT2D eigenvalue weighted by Crippen LogP contribution is -2.24. The summed E-state index contributed by atoms with van der Waals surface area (Å²) in [5.41, 5.74) is 2.69. The maximum Gasteiger partial charge on any atom is 0.270 e. The Bertz CT molecular complexity index is 967. The lowest BCUT2D eigenvalue weighted by atomic mass is 10.1. The van der Waals surface area contributed by atoms with Gasteiger partial charge in [-0.2, -0.15) is 4.80 Å². The molecule has 2 heterocycles. The molecule has 0 fully saturated rings. The van der Waals surface area contributed by atoms with Crippen LogP contribution >= 0.6 is 0 Å². The van der Waals surface area contributed by atoms with Gasteiger partial charge in [0.15, 0.2) is 0 Å². The minimum absolute atomic E-state index is 0.262. The van der Waals surface area contributed by atoms with Gasteiger partial charge in [-0.15, -0.1) is 10.2 Å². The van der Waals surface area contributed by atoms with E-state index in [4.69, 9.17) is 4.74 Å². The van der Waals surface area contributed by atoms with Crippen LogP contribution in [0.15, 0.2) is 36.4 Å². The summed E-state index contributed by atoms with van der Waals surface area (Å²) in [4.78, 5) is 18.5. The van der Waals surface area contributed by atoms with Crippen molar-refractivity contribution in [3.8, 4) is 17.1 Å². The van der Waals surface area contributed by atoms with Gasteiger partial charge < -0.3 is 10.1 Å². The van der Waals surface area contributed by atoms with E-state index < -0.39 is 0 Å². The zero-order chi connectivity index (χ0) is 20.1. The monoisotopic (exact) mass is 380 g/mol. The molecule has 0 aliphatic carbocycles. The SMILES string of the molecule is COc1cccc(CNC(=O)c2cc(-c3nnn(CC(C)C)n3)cc(C)n2)c1. The molecule has 0 spiro atoms. The first-order valence-corrected chi connectivity index (χ1v) is 9.12. The van der Waals surface area contributed by atoms with Gasteiger partial charge in [0.25, 0.3) is 5.91 Å². The third-order valence-corrected chi connectivity index (χ3v) is 4.01. The van der Waals surface area contributed by atoms with E-state index in [-0.39, 0.29) is 5.91 Å². The molecule has 28 heavy (non-hydrogen) atoms. The molecule has 8 nitrogen and oxygen atoms in total. The van der Waals surface area contributed by atoms with Crippen LogP contribution < -0.4 is 10.1 Å². The molecule has 0 saturated heterocycles. The fraction of sp³-hybridized carbons (Fsp3) is 0.350. The first kappa shape index (κ1) is 19.5. The molecule has 1 N–H and O–H groups in total. The van der Waals surface area contributed by atoms with Crippen molar-refractivity contribution >= 4 is 5.91 Å². The number of nitrogens with one attached hydrogen (secondary N) is 1. The van der Waals surface area contributed by atoms with E-state index in [0.717, 1.165) is 11.3 Å². The summed E-state index contributed by atoms with van der Waals surface area (Å²) >= 11 is 0. The van der Waals surface area contributed by atoms with Crippen LogP contribution in [0.3, 0.4) is 0 Å². The van der Waals surface area contributed by atoms with E-state index in [1.165, 1.54) is 0 Å². The molecule has 2 aromatic heterocycles. The Hall–Kier alpha value is -3.29. The Morgan fingerprint density at radius 3 is 2.82 bits per heavy atom. The topological polar surface area (TPSA) is 94.8 Å². The summed E-state index contributed by atoms with van der Waals surface area (Å²) in [6.07, 6.45) is 0. The number of hydrogen-bond donors (Lipinski definition) is 1. The van der Waals surface area contributed by atoms with Crippen LogP contribution in [0.2, 0.25) is 0 Å². The zero-order valence-corrected chi connectivity index (χ0v) is 16.5. The van der Waals surface area contributed by atoms with Crippen molar-refractivity contribution in [1.82, 2.24) is 30.5 Å². The highest BCUT2D eigenvalue weighted by molar-refractivity contribution is 5.93. The summed E-state index contributed by atoms with van der Waals surface area (Å²) in [7, 11) is 1.61. The van der Waals surface area contributed by atoms with Crippen molar-refractivity contribution in [2.75, 3.05) is 7.11 Å². The summed E-state index contributed by atoms with van der Waals surface area (Å²) in [6.45, 7) is 7.07. The number of benzene rings is 1. The molecule has 0 saturated carbocycles. The van der Waals surface area contributed by atoms with Crippen molar-refractivity contribution in [3.05, 3.63) is 53.3 Å². The van der Waals surface area contributed by atoms with Crippen molar-refractivity contribution in [1.29, 1.82) is 0 Å². The molecule has 0 aliphatic heterocycles. The van der Waals surface area contributed by atoms with E-state index in [1.54, 1.807) is 18.0 Å². The molecule has 3 aromatic rings. The molecule has 8 heteroatoms. The average Bonchev–Trinajstić information content (AvgIpc) is 3.13. The minimum Gasteiger partial charge on any atom is -0.497 e. The quantitative estimate of drug-likeness (QED) is 0.677. The molecule has 3 rings (SSSR count). The third-order valence-electron chi connectivity index (χ3n) is 4.01. The summed E-state index contributed by atoms with van der Waals surface area (Å²) in [5.74, 6) is 1.38. The van der Waals surface area contributed by atoms with Gasteiger partial charge in [0.05, 0.1) is 13.7 Å². The molecule has 1 aromatic carbocycles. The van der Waals surface area contributed by atoms with Gasteiger partial charge in [0, 0.05) is 17.8 Å². The number of rotatable bonds is 7. The Kier molecular flexibility index (Phi) is 5.98. The summed E-state index contributed by atoms with van der Waals surface area (Å²) < 4.78 is 5.21. The Labute approximate surface area is 163 Å². The lowest BCUT2D eigenvalue weighted by molar-refractivity contribution is 0.0945. The number of hydrogen-bond acceptors (Lipinski definition) is 6. The van der Waals surface area contributed by atoms with Crippen LogP contribution in [-0.2, 0) is 13.1 Å².